The number of carbonyl (C=O) groups excluding carboxylic acids is 1. The van der Waals surface area contributed by atoms with Gasteiger partial charge in [-0.15, -0.1) is 11.3 Å². The third kappa shape index (κ3) is 3.81. The van der Waals surface area contributed by atoms with E-state index in [4.69, 9.17) is 0 Å². The zero-order chi connectivity index (χ0) is 18.8. The van der Waals surface area contributed by atoms with Gasteiger partial charge in [-0.1, -0.05) is 0 Å². The molecule has 1 fully saturated rings. The lowest BCUT2D eigenvalue weighted by atomic mass is 10.2. The van der Waals surface area contributed by atoms with Crippen molar-refractivity contribution < 1.29 is 4.79 Å². The summed E-state index contributed by atoms with van der Waals surface area (Å²) < 4.78 is 2.07. The van der Waals surface area contributed by atoms with Gasteiger partial charge in [-0.25, -0.2) is 4.98 Å². The molecule has 1 aliphatic rings. The lowest BCUT2D eigenvalue weighted by molar-refractivity contribution is 0.0788. The molecule has 8 heteroatoms. The van der Waals surface area contributed by atoms with Crippen molar-refractivity contribution in [1.29, 1.82) is 0 Å². The van der Waals surface area contributed by atoms with Gasteiger partial charge in [-0.05, 0) is 37.6 Å². The van der Waals surface area contributed by atoms with Crippen molar-refractivity contribution in [3.8, 4) is 0 Å². The van der Waals surface area contributed by atoms with Crippen LogP contribution in [0.2, 0.25) is 0 Å². The van der Waals surface area contributed by atoms with E-state index in [2.05, 4.69) is 30.7 Å². The second-order valence-corrected chi connectivity index (χ2v) is 8.14. The Bertz CT molecular complexity index is 899. The number of likely N-dealkylation sites (tertiary alicyclic amines) is 1. The number of nitrogens with one attached hydrogen (secondary N) is 1. The molecule has 1 amide bonds. The number of aryl methyl sites for hydroxylation is 1. The van der Waals surface area contributed by atoms with E-state index in [0.717, 1.165) is 35.9 Å². The van der Waals surface area contributed by atoms with Crippen LogP contribution in [0.15, 0.2) is 36.8 Å². The number of hydrogen-bond acceptors (Lipinski definition) is 5. The van der Waals surface area contributed by atoms with Crippen LogP contribution in [0.4, 0.5) is 0 Å². The molecular weight excluding hydrogens is 360 g/mol. The van der Waals surface area contributed by atoms with E-state index in [-0.39, 0.29) is 5.91 Å². The number of thiophene rings is 1. The number of rotatable bonds is 6. The summed E-state index contributed by atoms with van der Waals surface area (Å²) in [5, 5.41) is 6.84. The van der Waals surface area contributed by atoms with Crippen LogP contribution in [0.5, 0.6) is 0 Å². The number of amides is 1. The normalized spacial score (nSPS) is 17.5. The summed E-state index contributed by atoms with van der Waals surface area (Å²) in [6.07, 6.45) is 7.83. The Morgan fingerprint density at radius 2 is 2.26 bits per heavy atom. The van der Waals surface area contributed by atoms with Gasteiger partial charge in [0.05, 0.1) is 23.7 Å². The fraction of sp³-hybridized carbons (Fsp3) is 0.421. The van der Waals surface area contributed by atoms with Gasteiger partial charge in [0, 0.05) is 43.6 Å². The van der Waals surface area contributed by atoms with E-state index in [9.17, 15) is 4.79 Å². The minimum Gasteiger partial charge on any atom is -0.337 e. The Labute approximate surface area is 162 Å². The average molecular weight is 385 g/mol. The Kier molecular flexibility index (Phi) is 5.09. The van der Waals surface area contributed by atoms with Gasteiger partial charge in [-0.2, -0.15) is 5.10 Å². The molecule has 0 aromatic carbocycles. The lowest BCUT2D eigenvalue weighted by Gasteiger charge is -2.23. The predicted octanol–water partition coefficient (Wildman–Crippen LogP) is 2.81. The molecule has 4 heterocycles. The summed E-state index contributed by atoms with van der Waals surface area (Å²) in [4.78, 5) is 23.5. The van der Waals surface area contributed by atoms with Gasteiger partial charge in [0.2, 0.25) is 0 Å². The highest BCUT2D eigenvalue weighted by Crippen LogP contribution is 2.37. The molecule has 0 aliphatic carbocycles. The van der Waals surface area contributed by atoms with E-state index in [0.29, 0.717) is 12.6 Å². The predicted molar refractivity (Wildman–Crippen MR) is 104 cm³/mol. The highest BCUT2D eigenvalue weighted by atomic mass is 32.1. The van der Waals surface area contributed by atoms with Crippen molar-refractivity contribution in [3.05, 3.63) is 58.1 Å². The van der Waals surface area contributed by atoms with E-state index in [1.807, 2.05) is 38.6 Å². The van der Waals surface area contributed by atoms with Crippen molar-refractivity contribution in [1.82, 2.24) is 29.5 Å². The number of nitrogens with zero attached hydrogens (tertiary/aromatic N) is 5. The summed E-state index contributed by atoms with van der Waals surface area (Å²) in [6.45, 7) is 2.44. The first kappa shape index (κ1) is 17.9. The summed E-state index contributed by atoms with van der Waals surface area (Å²) in [7, 11) is 3.86. The van der Waals surface area contributed by atoms with Gasteiger partial charge in [0.1, 0.15) is 5.82 Å². The van der Waals surface area contributed by atoms with Gasteiger partial charge >= 0.3 is 0 Å². The molecule has 3 aromatic heterocycles. The van der Waals surface area contributed by atoms with Crippen LogP contribution in [0.3, 0.4) is 0 Å². The van der Waals surface area contributed by atoms with Gasteiger partial charge in [0.15, 0.2) is 0 Å². The molecule has 3 aromatic rings. The monoisotopic (exact) mass is 384 g/mol. The summed E-state index contributed by atoms with van der Waals surface area (Å²) in [5.74, 6) is 1.13. The maximum Gasteiger partial charge on any atom is 0.264 e. The zero-order valence-electron chi connectivity index (χ0n) is 15.6. The standard InChI is InChI=1S/C19H24N6OS/c1-23-11-9-20-18(23)13-25-10-3-4-15(25)16-5-6-17(27-16)19(26)24(2)12-14-7-8-21-22-14/h5-9,11,15H,3-4,10,12-13H2,1-2H3,(H,21,22)/t15-/m0/s1. The molecule has 142 valence electrons. The van der Waals surface area contributed by atoms with E-state index < -0.39 is 0 Å². The number of aromatic nitrogens is 4. The maximum atomic E-state index is 12.8. The molecule has 0 spiro atoms. The summed E-state index contributed by atoms with van der Waals surface area (Å²) >= 11 is 1.61. The molecule has 1 atom stereocenters. The number of aromatic amines is 1. The third-order valence-corrected chi connectivity index (χ3v) is 6.28. The van der Waals surface area contributed by atoms with Crippen LogP contribution < -0.4 is 0 Å². The number of imidazole rings is 1. The zero-order valence-corrected chi connectivity index (χ0v) is 16.4. The molecule has 0 saturated carbocycles. The quantitative estimate of drug-likeness (QED) is 0.709. The van der Waals surface area contributed by atoms with E-state index >= 15 is 0 Å². The highest BCUT2D eigenvalue weighted by Gasteiger charge is 2.29. The van der Waals surface area contributed by atoms with E-state index in [1.54, 1.807) is 22.4 Å². The molecule has 0 radical (unpaired) electrons. The molecule has 4 rings (SSSR count). The van der Waals surface area contributed by atoms with Gasteiger partial charge in [-0.3, -0.25) is 14.8 Å². The second-order valence-electron chi connectivity index (χ2n) is 7.03. The Hall–Kier alpha value is -2.45. The Morgan fingerprint density at radius 1 is 1.37 bits per heavy atom. The molecule has 1 saturated heterocycles. The molecule has 7 nitrogen and oxygen atoms in total. The van der Waals surface area contributed by atoms with Crippen LogP contribution in [0.1, 0.15) is 45.0 Å². The SMILES string of the molecule is CN(Cc1ccn[nH]1)C(=O)c1ccc([C@@H]2CCCN2Cc2nccn2C)s1. The molecule has 1 aliphatic heterocycles. The fourth-order valence-corrected chi connectivity index (χ4v) is 4.78. The van der Waals surface area contributed by atoms with Crippen LogP contribution in [0.25, 0.3) is 0 Å². The fourth-order valence-electron chi connectivity index (χ4n) is 3.60. The van der Waals surface area contributed by atoms with Crippen molar-refractivity contribution in [2.75, 3.05) is 13.6 Å². The minimum atomic E-state index is 0.0505. The van der Waals surface area contributed by atoms with E-state index in [1.165, 1.54) is 11.3 Å². The maximum absolute atomic E-state index is 12.8. The third-order valence-electron chi connectivity index (χ3n) is 5.11. The minimum absolute atomic E-state index is 0.0505. The molecule has 0 unspecified atom stereocenters. The molecular formula is C19H24N6OS. The van der Waals surface area contributed by atoms with Crippen molar-refractivity contribution >= 4 is 17.2 Å². The Balaban J connectivity index is 1.44. The smallest absolute Gasteiger partial charge is 0.264 e. The van der Waals surface area contributed by atoms with Crippen LogP contribution in [-0.2, 0) is 20.1 Å². The van der Waals surface area contributed by atoms with Crippen molar-refractivity contribution in [2.45, 2.75) is 32.0 Å². The number of H-pyrrole nitrogens is 1. The second kappa shape index (κ2) is 7.66. The van der Waals surface area contributed by atoms with Gasteiger partial charge in [0.25, 0.3) is 5.91 Å². The first-order valence-corrected chi connectivity index (χ1v) is 9.97. The summed E-state index contributed by atoms with van der Waals surface area (Å²) in [6, 6.07) is 6.33. The highest BCUT2D eigenvalue weighted by molar-refractivity contribution is 7.14. The van der Waals surface area contributed by atoms with Crippen LogP contribution >= 0.6 is 11.3 Å². The molecule has 27 heavy (non-hydrogen) atoms. The van der Waals surface area contributed by atoms with Gasteiger partial charge < -0.3 is 9.47 Å². The average Bonchev–Trinajstić information content (AvgIpc) is 3.42. The van der Waals surface area contributed by atoms with Crippen LogP contribution in [-0.4, -0.2) is 49.0 Å². The summed E-state index contributed by atoms with van der Waals surface area (Å²) in [5.41, 5.74) is 0.930. The first-order chi connectivity index (χ1) is 13.1. The first-order valence-electron chi connectivity index (χ1n) is 9.15. The number of hydrogen-bond donors (Lipinski definition) is 1. The largest absolute Gasteiger partial charge is 0.337 e. The van der Waals surface area contributed by atoms with Crippen LogP contribution in [0, 0.1) is 0 Å². The lowest BCUT2D eigenvalue weighted by Crippen LogP contribution is -2.25. The Morgan fingerprint density at radius 3 is 3.00 bits per heavy atom. The molecule has 0 bridgehead atoms. The topological polar surface area (TPSA) is 70.1 Å². The number of carbonyl (C=O) groups is 1. The van der Waals surface area contributed by atoms with Crippen molar-refractivity contribution in [3.63, 3.8) is 0 Å². The van der Waals surface area contributed by atoms with Crippen molar-refractivity contribution in [2.24, 2.45) is 7.05 Å². The molecule has 1 N–H and O–H groups in total.